The Kier molecular flexibility index (Phi) is 5.77. The van der Waals surface area contributed by atoms with Crippen LogP contribution in [0.4, 0.5) is 0 Å². The molecule has 27 heavy (non-hydrogen) atoms. The maximum atomic E-state index is 12.3. The molecule has 2 N–H and O–H groups in total. The number of carbonyl (C=O) groups excluding carboxylic acids is 2. The predicted molar refractivity (Wildman–Crippen MR) is 104 cm³/mol. The molecule has 0 aromatic heterocycles. The SMILES string of the molecule is CNC(=O)c1ccc(C#Cc2cc3c(c(C(=O)NC)c2)OCCCC3)cc1. The molecule has 1 aliphatic rings. The Bertz CT molecular complexity index is 921. The van der Waals surface area contributed by atoms with Gasteiger partial charge in [0.2, 0.25) is 0 Å². The number of carbonyl (C=O) groups is 2. The summed E-state index contributed by atoms with van der Waals surface area (Å²) in [4.78, 5) is 23.9. The van der Waals surface area contributed by atoms with Gasteiger partial charge in [0.15, 0.2) is 0 Å². The fraction of sp³-hybridized carbons (Fsp3) is 0.273. The summed E-state index contributed by atoms with van der Waals surface area (Å²) in [5, 5.41) is 5.26. The molecule has 3 rings (SSSR count). The first kappa shape index (κ1) is 18.5. The molecule has 2 aromatic carbocycles. The standard InChI is InChI=1S/C22H22N2O3/c1-23-21(25)17-10-8-15(9-11-17)6-7-16-13-18-5-3-4-12-27-20(18)19(14-16)22(26)24-2/h8-11,13-14H,3-5,12H2,1-2H3,(H,23,25)(H,24,26). The zero-order chi connectivity index (χ0) is 19.2. The van der Waals surface area contributed by atoms with Crippen molar-refractivity contribution in [1.29, 1.82) is 0 Å². The molecule has 0 spiro atoms. The molecule has 2 aromatic rings. The summed E-state index contributed by atoms with van der Waals surface area (Å²) < 4.78 is 5.82. The first-order valence-electron chi connectivity index (χ1n) is 8.98. The molecule has 0 fully saturated rings. The molecule has 0 bridgehead atoms. The summed E-state index contributed by atoms with van der Waals surface area (Å²) in [5.74, 6) is 6.59. The topological polar surface area (TPSA) is 67.4 Å². The zero-order valence-electron chi connectivity index (χ0n) is 15.5. The number of nitrogens with one attached hydrogen (secondary N) is 2. The van der Waals surface area contributed by atoms with Crippen molar-refractivity contribution in [2.45, 2.75) is 19.3 Å². The lowest BCUT2D eigenvalue weighted by atomic mass is 10.00. The average Bonchev–Trinajstić information content (AvgIpc) is 2.96. The van der Waals surface area contributed by atoms with Crippen molar-refractivity contribution in [3.8, 4) is 17.6 Å². The van der Waals surface area contributed by atoms with Crippen LogP contribution in [0.3, 0.4) is 0 Å². The van der Waals surface area contributed by atoms with Crippen molar-refractivity contribution in [3.05, 3.63) is 64.2 Å². The van der Waals surface area contributed by atoms with Crippen molar-refractivity contribution >= 4 is 11.8 Å². The van der Waals surface area contributed by atoms with Gasteiger partial charge in [0.1, 0.15) is 5.75 Å². The van der Waals surface area contributed by atoms with Gasteiger partial charge >= 0.3 is 0 Å². The molecular weight excluding hydrogens is 340 g/mol. The number of hydrogen-bond donors (Lipinski definition) is 2. The number of ether oxygens (including phenoxy) is 1. The average molecular weight is 362 g/mol. The number of hydrogen-bond acceptors (Lipinski definition) is 3. The van der Waals surface area contributed by atoms with Crippen LogP contribution in [0.15, 0.2) is 36.4 Å². The predicted octanol–water partition coefficient (Wildman–Crippen LogP) is 2.52. The molecular formula is C22H22N2O3. The van der Waals surface area contributed by atoms with Crippen LogP contribution in [-0.2, 0) is 6.42 Å². The third kappa shape index (κ3) is 4.29. The van der Waals surface area contributed by atoms with Crippen LogP contribution in [0.5, 0.6) is 5.75 Å². The minimum atomic E-state index is -0.174. The van der Waals surface area contributed by atoms with Crippen molar-refractivity contribution in [2.24, 2.45) is 0 Å². The fourth-order valence-corrected chi connectivity index (χ4v) is 3.01. The second kappa shape index (κ2) is 8.41. The number of benzene rings is 2. The molecule has 0 saturated heterocycles. The summed E-state index contributed by atoms with van der Waals surface area (Å²) in [5.41, 5.74) is 3.71. The Labute approximate surface area is 159 Å². The molecule has 2 amide bonds. The van der Waals surface area contributed by atoms with E-state index in [9.17, 15) is 9.59 Å². The lowest BCUT2D eigenvalue weighted by Crippen LogP contribution is -2.19. The molecule has 1 heterocycles. The van der Waals surface area contributed by atoms with E-state index in [1.807, 2.05) is 18.2 Å². The first-order chi connectivity index (χ1) is 13.1. The summed E-state index contributed by atoms with van der Waals surface area (Å²) in [6, 6.07) is 10.9. The normalized spacial score (nSPS) is 12.5. The van der Waals surface area contributed by atoms with Gasteiger partial charge in [-0.1, -0.05) is 11.8 Å². The highest BCUT2D eigenvalue weighted by Gasteiger charge is 2.19. The van der Waals surface area contributed by atoms with Crippen molar-refractivity contribution in [1.82, 2.24) is 10.6 Å². The number of aryl methyl sites for hydroxylation is 1. The van der Waals surface area contributed by atoms with Crippen molar-refractivity contribution in [3.63, 3.8) is 0 Å². The first-order valence-corrected chi connectivity index (χ1v) is 8.98. The van der Waals surface area contributed by atoms with E-state index in [0.29, 0.717) is 23.5 Å². The summed E-state index contributed by atoms with van der Waals surface area (Å²) >= 11 is 0. The van der Waals surface area contributed by atoms with Gasteiger partial charge < -0.3 is 15.4 Å². The number of amides is 2. The fourth-order valence-electron chi connectivity index (χ4n) is 3.01. The van der Waals surface area contributed by atoms with Crippen LogP contribution < -0.4 is 15.4 Å². The maximum absolute atomic E-state index is 12.3. The van der Waals surface area contributed by atoms with Gasteiger partial charge in [0.05, 0.1) is 12.2 Å². The molecule has 0 aliphatic carbocycles. The smallest absolute Gasteiger partial charge is 0.254 e. The van der Waals surface area contributed by atoms with E-state index >= 15 is 0 Å². The Balaban J connectivity index is 1.94. The van der Waals surface area contributed by atoms with Gasteiger partial charge in [0.25, 0.3) is 11.8 Å². The summed E-state index contributed by atoms with van der Waals surface area (Å²) in [6.07, 6.45) is 2.87. The highest BCUT2D eigenvalue weighted by atomic mass is 16.5. The van der Waals surface area contributed by atoms with Crippen LogP contribution in [0.25, 0.3) is 0 Å². The molecule has 5 nitrogen and oxygen atoms in total. The van der Waals surface area contributed by atoms with Crippen LogP contribution in [-0.4, -0.2) is 32.5 Å². The molecule has 0 atom stereocenters. The Morgan fingerprint density at radius 2 is 1.63 bits per heavy atom. The number of rotatable bonds is 2. The second-order valence-electron chi connectivity index (χ2n) is 6.30. The van der Waals surface area contributed by atoms with E-state index in [4.69, 9.17) is 4.74 Å². The van der Waals surface area contributed by atoms with Gasteiger partial charge in [-0.25, -0.2) is 0 Å². The Morgan fingerprint density at radius 1 is 0.926 bits per heavy atom. The Morgan fingerprint density at radius 3 is 2.33 bits per heavy atom. The Hall–Kier alpha value is -3.26. The lowest BCUT2D eigenvalue weighted by Gasteiger charge is -2.13. The third-order valence-electron chi connectivity index (χ3n) is 4.45. The zero-order valence-corrected chi connectivity index (χ0v) is 15.5. The van der Waals surface area contributed by atoms with E-state index < -0.39 is 0 Å². The maximum Gasteiger partial charge on any atom is 0.254 e. The molecule has 0 saturated carbocycles. The summed E-state index contributed by atoms with van der Waals surface area (Å²) in [6.45, 7) is 0.625. The largest absolute Gasteiger partial charge is 0.492 e. The van der Waals surface area contributed by atoms with E-state index in [1.165, 1.54) is 0 Å². The minimum absolute atomic E-state index is 0.129. The van der Waals surface area contributed by atoms with Gasteiger partial charge in [-0.2, -0.15) is 0 Å². The van der Waals surface area contributed by atoms with Crippen LogP contribution in [0, 0.1) is 11.8 Å². The lowest BCUT2D eigenvalue weighted by molar-refractivity contribution is 0.0952. The quantitative estimate of drug-likeness (QED) is 0.807. The molecule has 0 radical (unpaired) electrons. The van der Waals surface area contributed by atoms with Gasteiger partial charge in [-0.3, -0.25) is 9.59 Å². The van der Waals surface area contributed by atoms with E-state index in [0.717, 1.165) is 36.0 Å². The highest BCUT2D eigenvalue weighted by Crippen LogP contribution is 2.30. The van der Waals surface area contributed by atoms with Crippen molar-refractivity contribution < 1.29 is 14.3 Å². The van der Waals surface area contributed by atoms with E-state index in [1.54, 1.807) is 32.3 Å². The monoisotopic (exact) mass is 362 g/mol. The third-order valence-corrected chi connectivity index (χ3v) is 4.45. The number of fused-ring (bicyclic) bond motifs is 1. The van der Waals surface area contributed by atoms with Gasteiger partial charge in [-0.15, -0.1) is 0 Å². The summed E-state index contributed by atoms with van der Waals surface area (Å²) in [7, 11) is 3.21. The van der Waals surface area contributed by atoms with E-state index in [2.05, 4.69) is 22.5 Å². The molecule has 1 aliphatic heterocycles. The molecule has 138 valence electrons. The molecule has 0 unspecified atom stereocenters. The van der Waals surface area contributed by atoms with Crippen molar-refractivity contribution in [2.75, 3.05) is 20.7 Å². The molecule has 5 heteroatoms. The van der Waals surface area contributed by atoms with Gasteiger partial charge in [-0.05, 0) is 61.2 Å². The van der Waals surface area contributed by atoms with Crippen LogP contribution in [0.2, 0.25) is 0 Å². The minimum Gasteiger partial charge on any atom is -0.492 e. The van der Waals surface area contributed by atoms with E-state index in [-0.39, 0.29) is 11.8 Å². The van der Waals surface area contributed by atoms with Crippen LogP contribution >= 0.6 is 0 Å². The highest BCUT2D eigenvalue weighted by molar-refractivity contribution is 5.97. The van der Waals surface area contributed by atoms with Crippen LogP contribution in [0.1, 0.15) is 50.2 Å². The second-order valence-corrected chi connectivity index (χ2v) is 6.30. The van der Waals surface area contributed by atoms with Gasteiger partial charge in [0, 0.05) is 30.8 Å².